The van der Waals surface area contributed by atoms with Gasteiger partial charge in [0.1, 0.15) is 5.75 Å². The number of aliphatic carboxylic acids is 1. The van der Waals surface area contributed by atoms with Crippen LogP contribution in [0.15, 0.2) is 18.2 Å². The lowest BCUT2D eigenvalue weighted by Gasteiger charge is -2.27. The molecule has 4 nitrogen and oxygen atoms in total. The van der Waals surface area contributed by atoms with Crippen LogP contribution >= 0.6 is 0 Å². The van der Waals surface area contributed by atoms with E-state index in [2.05, 4.69) is 0 Å². The maximum absolute atomic E-state index is 12.5. The summed E-state index contributed by atoms with van der Waals surface area (Å²) in [5.41, 5.74) is 1.13. The highest BCUT2D eigenvalue weighted by Crippen LogP contribution is 2.34. The molecular weight excluding hydrogens is 244 g/mol. The van der Waals surface area contributed by atoms with Crippen molar-refractivity contribution in [1.29, 1.82) is 0 Å². The Kier molecular flexibility index (Phi) is 3.88. The number of Topliss-reactive ketones (excluding diaryl/α,β-unsaturated/α-hetero) is 1. The van der Waals surface area contributed by atoms with E-state index in [4.69, 9.17) is 0 Å². The normalized spacial score (nSPS) is 23.0. The number of aromatic hydroxyl groups is 1. The average Bonchev–Trinajstić information content (AvgIpc) is 2.40. The predicted octanol–water partition coefficient (Wildman–Crippen LogP) is 2.77. The van der Waals surface area contributed by atoms with Gasteiger partial charge in [0, 0.05) is 5.92 Å². The van der Waals surface area contributed by atoms with Crippen molar-refractivity contribution < 1.29 is 19.8 Å². The summed E-state index contributed by atoms with van der Waals surface area (Å²) in [5, 5.41) is 19.0. The molecule has 0 bridgehead atoms. The van der Waals surface area contributed by atoms with Gasteiger partial charge in [0.2, 0.25) is 0 Å². The SMILES string of the molecule is Cc1ccc(O)c(C(=O)C2CCCCC2C(=O)O)c1. The van der Waals surface area contributed by atoms with Crippen LogP contribution in [0.25, 0.3) is 0 Å². The number of phenolic OH excluding ortho intramolecular Hbond substituents is 1. The first-order valence-corrected chi connectivity index (χ1v) is 6.57. The molecule has 2 atom stereocenters. The molecule has 0 saturated heterocycles. The van der Waals surface area contributed by atoms with Crippen LogP contribution in [-0.2, 0) is 4.79 Å². The van der Waals surface area contributed by atoms with Gasteiger partial charge < -0.3 is 10.2 Å². The number of carbonyl (C=O) groups excluding carboxylic acids is 1. The summed E-state index contributed by atoms with van der Waals surface area (Å²) in [6.07, 6.45) is 2.84. The monoisotopic (exact) mass is 262 g/mol. The van der Waals surface area contributed by atoms with E-state index < -0.39 is 17.8 Å². The summed E-state index contributed by atoms with van der Waals surface area (Å²) >= 11 is 0. The number of aryl methyl sites for hydroxylation is 1. The van der Waals surface area contributed by atoms with Crippen molar-refractivity contribution in [3.63, 3.8) is 0 Å². The zero-order chi connectivity index (χ0) is 14.0. The summed E-state index contributed by atoms with van der Waals surface area (Å²) in [7, 11) is 0. The Morgan fingerprint density at radius 2 is 1.79 bits per heavy atom. The smallest absolute Gasteiger partial charge is 0.307 e. The average molecular weight is 262 g/mol. The Balaban J connectivity index is 2.31. The van der Waals surface area contributed by atoms with Gasteiger partial charge in [-0.05, 0) is 31.9 Å². The Labute approximate surface area is 112 Å². The van der Waals surface area contributed by atoms with Crippen LogP contribution in [0.1, 0.15) is 41.6 Å². The van der Waals surface area contributed by atoms with E-state index in [-0.39, 0.29) is 17.1 Å². The minimum absolute atomic E-state index is 0.0645. The van der Waals surface area contributed by atoms with E-state index in [0.717, 1.165) is 18.4 Å². The van der Waals surface area contributed by atoms with Crippen molar-refractivity contribution in [3.8, 4) is 5.75 Å². The molecule has 0 radical (unpaired) electrons. The Morgan fingerprint density at radius 3 is 2.42 bits per heavy atom. The second kappa shape index (κ2) is 5.43. The van der Waals surface area contributed by atoms with Crippen molar-refractivity contribution in [1.82, 2.24) is 0 Å². The highest BCUT2D eigenvalue weighted by atomic mass is 16.4. The molecule has 1 aromatic carbocycles. The van der Waals surface area contributed by atoms with Crippen molar-refractivity contribution >= 4 is 11.8 Å². The summed E-state index contributed by atoms with van der Waals surface area (Å²) in [4.78, 5) is 23.7. The Morgan fingerprint density at radius 1 is 1.16 bits per heavy atom. The number of hydrogen-bond donors (Lipinski definition) is 2. The van der Waals surface area contributed by atoms with Gasteiger partial charge in [-0.25, -0.2) is 0 Å². The number of hydrogen-bond acceptors (Lipinski definition) is 3. The van der Waals surface area contributed by atoms with Gasteiger partial charge in [-0.15, -0.1) is 0 Å². The molecule has 2 N–H and O–H groups in total. The van der Waals surface area contributed by atoms with Crippen molar-refractivity contribution in [2.24, 2.45) is 11.8 Å². The fourth-order valence-electron chi connectivity index (χ4n) is 2.79. The molecule has 0 amide bonds. The molecule has 2 rings (SSSR count). The highest BCUT2D eigenvalue weighted by molar-refractivity contribution is 6.02. The molecule has 0 aliphatic heterocycles. The molecule has 19 heavy (non-hydrogen) atoms. The van der Waals surface area contributed by atoms with Crippen LogP contribution in [0.2, 0.25) is 0 Å². The van der Waals surface area contributed by atoms with E-state index in [1.807, 2.05) is 6.92 Å². The third-order valence-corrected chi connectivity index (χ3v) is 3.84. The molecule has 1 saturated carbocycles. The van der Waals surface area contributed by atoms with Gasteiger partial charge in [0.15, 0.2) is 5.78 Å². The number of ketones is 1. The quantitative estimate of drug-likeness (QED) is 0.821. The van der Waals surface area contributed by atoms with Gasteiger partial charge in [0.25, 0.3) is 0 Å². The molecule has 1 fully saturated rings. The predicted molar refractivity (Wildman–Crippen MR) is 70.3 cm³/mol. The molecule has 0 spiro atoms. The molecule has 0 heterocycles. The largest absolute Gasteiger partial charge is 0.507 e. The molecule has 4 heteroatoms. The van der Waals surface area contributed by atoms with Crippen LogP contribution < -0.4 is 0 Å². The van der Waals surface area contributed by atoms with Gasteiger partial charge in [-0.2, -0.15) is 0 Å². The van der Waals surface area contributed by atoms with Gasteiger partial charge in [-0.1, -0.05) is 24.5 Å². The Hall–Kier alpha value is -1.84. The Bertz CT molecular complexity index is 507. The van der Waals surface area contributed by atoms with Gasteiger partial charge in [0.05, 0.1) is 11.5 Å². The molecule has 1 aliphatic carbocycles. The standard InChI is InChI=1S/C15H18O4/c1-9-6-7-13(16)12(8-9)14(17)10-4-2-3-5-11(10)15(18)19/h6-8,10-11,16H,2-5H2,1H3,(H,18,19). The van der Waals surface area contributed by atoms with Crippen molar-refractivity contribution in [2.45, 2.75) is 32.6 Å². The first kappa shape index (κ1) is 13.6. The van der Waals surface area contributed by atoms with Gasteiger partial charge >= 0.3 is 5.97 Å². The van der Waals surface area contributed by atoms with E-state index in [1.165, 1.54) is 6.07 Å². The first-order chi connectivity index (χ1) is 9.00. The van der Waals surface area contributed by atoms with Crippen molar-refractivity contribution in [2.75, 3.05) is 0 Å². The number of benzene rings is 1. The lowest BCUT2D eigenvalue weighted by Crippen LogP contribution is -2.32. The summed E-state index contributed by atoms with van der Waals surface area (Å²) in [6, 6.07) is 4.84. The fourth-order valence-corrected chi connectivity index (χ4v) is 2.79. The van der Waals surface area contributed by atoms with E-state index >= 15 is 0 Å². The topological polar surface area (TPSA) is 74.6 Å². The first-order valence-electron chi connectivity index (χ1n) is 6.57. The maximum atomic E-state index is 12.5. The summed E-state index contributed by atoms with van der Waals surface area (Å²) in [6.45, 7) is 1.84. The van der Waals surface area contributed by atoms with Crippen LogP contribution in [-0.4, -0.2) is 22.0 Å². The van der Waals surface area contributed by atoms with E-state index in [9.17, 15) is 19.8 Å². The second-order valence-electron chi connectivity index (χ2n) is 5.22. The number of phenols is 1. The minimum Gasteiger partial charge on any atom is -0.507 e. The van der Waals surface area contributed by atoms with Crippen LogP contribution in [0.3, 0.4) is 0 Å². The number of carboxylic acid groups (broad SMARTS) is 1. The maximum Gasteiger partial charge on any atom is 0.307 e. The third-order valence-electron chi connectivity index (χ3n) is 3.84. The molecule has 102 valence electrons. The summed E-state index contributed by atoms with van der Waals surface area (Å²) in [5.74, 6) is -2.36. The molecule has 0 aromatic heterocycles. The van der Waals surface area contributed by atoms with Crippen molar-refractivity contribution in [3.05, 3.63) is 29.3 Å². The van der Waals surface area contributed by atoms with Crippen LogP contribution in [0.5, 0.6) is 5.75 Å². The number of carboxylic acids is 1. The molecule has 2 unspecified atom stereocenters. The van der Waals surface area contributed by atoms with Crippen LogP contribution in [0, 0.1) is 18.8 Å². The fraction of sp³-hybridized carbons (Fsp3) is 0.467. The molecular formula is C15H18O4. The zero-order valence-corrected chi connectivity index (χ0v) is 10.9. The van der Waals surface area contributed by atoms with Gasteiger partial charge in [-0.3, -0.25) is 9.59 Å². The third kappa shape index (κ3) is 2.78. The number of rotatable bonds is 3. The lowest BCUT2D eigenvalue weighted by molar-refractivity contribution is -0.144. The van der Waals surface area contributed by atoms with E-state index in [1.54, 1.807) is 12.1 Å². The van der Waals surface area contributed by atoms with Crippen LogP contribution in [0.4, 0.5) is 0 Å². The molecule has 1 aliphatic rings. The molecule has 1 aromatic rings. The highest BCUT2D eigenvalue weighted by Gasteiger charge is 2.36. The second-order valence-corrected chi connectivity index (χ2v) is 5.22. The zero-order valence-electron chi connectivity index (χ0n) is 10.9. The lowest BCUT2D eigenvalue weighted by atomic mass is 9.75. The minimum atomic E-state index is -0.912. The number of carbonyl (C=O) groups is 2. The summed E-state index contributed by atoms with van der Waals surface area (Å²) < 4.78 is 0. The van der Waals surface area contributed by atoms with E-state index in [0.29, 0.717) is 12.8 Å².